The lowest BCUT2D eigenvalue weighted by atomic mass is 9.95. The van der Waals surface area contributed by atoms with Crippen molar-refractivity contribution < 1.29 is 9.90 Å². The minimum atomic E-state index is -0.866. The maximum atomic E-state index is 10.7. The van der Waals surface area contributed by atoms with Gasteiger partial charge in [-0.15, -0.1) is 10.2 Å². The summed E-state index contributed by atoms with van der Waals surface area (Å²) in [7, 11) is 0. The summed E-state index contributed by atoms with van der Waals surface area (Å²) in [5.41, 5.74) is 0.764. The first-order chi connectivity index (χ1) is 9.39. The van der Waals surface area contributed by atoms with Gasteiger partial charge in [0.1, 0.15) is 5.82 Å². The fourth-order valence-electron chi connectivity index (χ4n) is 1.79. The quantitative estimate of drug-likeness (QED) is 0.877. The van der Waals surface area contributed by atoms with Crippen molar-refractivity contribution in [3.63, 3.8) is 0 Å². The Hall–Kier alpha value is -1.82. The third kappa shape index (κ3) is 3.19. The van der Waals surface area contributed by atoms with Crippen LogP contribution in [0, 0.1) is 0 Å². The van der Waals surface area contributed by atoms with Crippen molar-refractivity contribution in [2.45, 2.75) is 31.3 Å². The Labute approximate surface area is 122 Å². The Bertz CT molecular complexity index is 603. The molecule has 1 heterocycles. The molecule has 2 rings (SSSR count). The van der Waals surface area contributed by atoms with Gasteiger partial charge in [-0.3, -0.25) is 9.36 Å². The molecule has 5 nitrogen and oxygen atoms in total. The van der Waals surface area contributed by atoms with Crippen LogP contribution in [0.4, 0.5) is 0 Å². The predicted molar refractivity (Wildman–Crippen MR) is 78.4 cm³/mol. The molecule has 0 saturated carbocycles. The third-order valence-electron chi connectivity index (χ3n) is 2.64. The number of benzene rings is 1. The van der Waals surface area contributed by atoms with Crippen LogP contribution in [-0.2, 0) is 10.2 Å². The molecule has 0 spiro atoms. The molecule has 0 aliphatic heterocycles. The number of carboxylic acid groups (broad SMARTS) is 1. The van der Waals surface area contributed by atoms with Crippen molar-refractivity contribution in [2.75, 3.05) is 5.75 Å². The first kappa shape index (κ1) is 14.6. The van der Waals surface area contributed by atoms with E-state index < -0.39 is 5.97 Å². The molecule has 0 atom stereocenters. The van der Waals surface area contributed by atoms with E-state index >= 15 is 0 Å². The van der Waals surface area contributed by atoms with E-state index in [1.54, 1.807) is 0 Å². The van der Waals surface area contributed by atoms with Gasteiger partial charge in [0.15, 0.2) is 5.16 Å². The van der Waals surface area contributed by atoms with Gasteiger partial charge in [-0.25, -0.2) is 0 Å². The zero-order valence-electron chi connectivity index (χ0n) is 11.7. The normalized spacial score (nSPS) is 11.6. The van der Waals surface area contributed by atoms with Crippen molar-refractivity contribution in [2.24, 2.45) is 0 Å². The second-order valence-corrected chi connectivity index (χ2v) is 6.35. The number of hydrogen-bond donors (Lipinski definition) is 1. The highest BCUT2D eigenvalue weighted by Gasteiger charge is 2.25. The minimum Gasteiger partial charge on any atom is -0.481 e. The monoisotopic (exact) mass is 291 g/mol. The van der Waals surface area contributed by atoms with Gasteiger partial charge in [-0.2, -0.15) is 0 Å². The molecule has 0 aliphatic carbocycles. The molecule has 0 saturated heterocycles. The van der Waals surface area contributed by atoms with Gasteiger partial charge in [0.25, 0.3) is 0 Å². The topological polar surface area (TPSA) is 68.0 Å². The van der Waals surface area contributed by atoms with Crippen LogP contribution < -0.4 is 0 Å². The average Bonchev–Trinajstić information content (AvgIpc) is 2.81. The number of para-hydroxylation sites is 1. The average molecular weight is 291 g/mol. The van der Waals surface area contributed by atoms with Gasteiger partial charge >= 0.3 is 5.97 Å². The van der Waals surface area contributed by atoms with Crippen molar-refractivity contribution in [3.05, 3.63) is 36.2 Å². The SMILES string of the molecule is CC(C)(C)c1nnc(SCC(=O)O)n1-c1ccccc1. The molecule has 20 heavy (non-hydrogen) atoms. The van der Waals surface area contributed by atoms with Crippen molar-refractivity contribution in [1.82, 2.24) is 14.8 Å². The first-order valence-corrected chi connectivity index (χ1v) is 7.24. The number of aliphatic carboxylic acids is 1. The van der Waals surface area contributed by atoms with Crippen LogP contribution >= 0.6 is 11.8 Å². The molecule has 0 bridgehead atoms. The van der Waals surface area contributed by atoms with Gasteiger partial charge < -0.3 is 5.11 Å². The molecule has 1 aromatic heterocycles. The lowest BCUT2D eigenvalue weighted by Crippen LogP contribution is -2.18. The molecular formula is C14H17N3O2S. The molecule has 106 valence electrons. The van der Waals surface area contributed by atoms with E-state index in [9.17, 15) is 4.79 Å². The summed E-state index contributed by atoms with van der Waals surface area (Å²) in [5.74, 6) is -0.0822. The first-order valence-electron chi connectivity index (χ1n) is 6.25. The van der Waals surface area contributed by atoms with Gasteiger partial charge in [-0.05, 0) is 12.1 Å². The zero-order chi connectivity index (χ0) is 14.8. The Morgan fingerprint density at radius 3 is 2.45 bits per heavy atom. The summed E-state index contributed by atoms with van der Waals surface area (Å²) in [6, 6.07) is 9.74. The summed E-state index contributed by atoms with van der Waals surface area (Å²) in [6.07, 6.45) is 0. The Morgan fingerprint density at radius 2 is 1.90 bits per heavy atom. The van der Waals surface area contributed by atoms with Gasteiger partial charge in [-0.1, -0.05) is 50.7 Å². The molecule has 1 N–H and O–H groups in total. The van der Waals surface area contributed by atoms with Crippen LogP contribution in [0.25, 0.3) is 5.69 Å². The highest BCUT2D eigenvalue weighted by molar-refractivity contribution is 7.99. The lowest BCUT2D eigenvalue weighted by Gasteiger charge is -2.19. The van der Waals surface area contributed by atoms with Crippen LogP contribution in [0.5, 0.6) is 0 Å². The number of nitrogens with zero attached hydrogens (tertiary/aromatic N) is 3. The smallest absolute Gasteiger partial charge is 0.313 e. The van der Waals surface area contributed by atoms with Gasteiger partial charge in [0.2, 0.25) is 0 Å². The number of carboxylic acids is 1. The summed E-state index contributed by atoms with van der Waals surface area (Å²) < 4.78 is 1.92. The summed E-state index contributed by atoms with van der Waals surface area (Å²) in [5, 5.41) is 17.8. The molecule has 0 amide bonds. The number of thioether (sulfide) groups is 1. The maximum Gasteiger partial charge on any atom is 0.313 e. The summed E-state index contributed by atoms with van der Waals surface area (Å²) >= 11 is 1.18. The van der Waals surface area contributed by atoms with E-state index in [4.69, 9.17) is 5.11 Å². The number of rotatable bonds is 4. The largest absolute Gasteiger partial charge is 0.481 e. The highest BCUT2D eigenvalue weighted by Crippen LogP contribution is 2.28. The van der Waals surface area contributed by atoms with Crippen LogP contribution in [0.15, 0.2) is 35.5 Å². The Kier molecular flexibility index (Phi) is 4.13. The molecule has 0 fully saturated rings. The molecule has 0 radical (unpaired) electrons. The molecule has 1 aromatic carbocycles. The number of aromatic nitrogens is 3. The van der Waals surface area contributed by atoms with E-state index in [2.05, 4.69) is 31.0 Å². The van der Waals surface area contributed by atoms with Crippen LogP contribution in [0.2, 0.25) is 0 Å². The van der Waals surface area contributed by atoms with E-state index in [-0.39, 0.29) is 11.2 Å². The van der Waals surface area contributed by atoms with E-state index in [1.165, 1.54) is 11.8 Å². The maximum absolute atomic E-state index is 10.7. The summed E-state index contributed by atoms with van der Waals surface area (Å²) in [4.78, 5) is 10.7. The second kappa shape index (κ2) is 5.66. The molecule has 0 aliphatic rings. The summed E-state index contributed by atoms with van der Waals surface area (Å²) in [6.45, 7) is 6.17. The van der Waals surface area contributed by atoms with Crippen LogP contribution in [0.1, 0.15) is 26.6 Å². The Morgan fingerprint density at radius 1 is 1.25 bits per heavy atom. The highest BCUT2D eigenvalue weighted by atomic mass is 32.2. The molecule has 0 unspecified atom stereocenters. The minimum absolute atomic E-state index is 0.0326. The van der Waals surface area contributed by atoms with Crippen LogP contribution in [-0.4, -0.2) is 31.6 Å². The zero-order valence-corrected chi connectivity index (χ0v) is 12.5. The van der Waals surface area contributed by atoms with E-state index in [0.717, 1.165) is 11.5 Å². The fraction of sp³-hybridized carbons (Fsp3) is 0.357. The number of carbonyl (C=O) groups is 1. The van der Waals surface area contributed by atoms with Crippen molar-refractivity contribution in [3.8, 4) is 5.69 Å². The van der Waals surface area contributed by atoms with E-state index in [1.807, 2.05) is 34.9 Å². The third-order valence-corrected chi connectivity index (χ3v) is 3.56. The molecule has 6 heteroatoms. The predicted octanol–water partition coefficient (Wildman–Crippen LogP) is 2.74. The molecular weight excluding hydrogens is 274 g/mol. The standard InChI is InChI=1S/C14H17N3O2S/c1-14(2,3)12-15-16-13(20-9-11(18)19)17(12)10-7-5-4-6-8-10/h4-8H,9H2,1-3H3,(H,18,19). The van der Waals surface area contributed by atoms with E-state index in [0.29, 0.717) is 5.16 Å². The second-order valence-electron chi connectivity index (χ2n) is 5.41. The van der Waals surface area contributed by atoms with Crippen molar-refractivity contribution in [1.29, 1.82) is 0 Å². The lowest BCUT2D eigenvalue weighted by molar-refractivity contribution is -0.133. The fourth-order valence-corrected chi connectivity index (χ4v) is 2.46. The number of hydrogen-bond acceptors (Lipinski definition) is 4. The Balaban J connectivity index is 2.49. The van der Waals surface area contributed by atoms with Crippen LogP contribution in [0.3, 0.4) is 0 Å². The van der Waals surface area contributed by atoms with Gasteiger partial charge in [0.05, 0.1) is 5.75 Å². The van der Waals surface area contributed by atoms with Crippen molar-refractivity contribution >= 4 is 17.7 Å². The molecule has 2 aromatic rings. The van der Waals surface area contributed by atoms with Gasteiger partial charge in [0, 0.05) is 11.1 Å².